The molecule has 6 heteroatoms. The molecule has 2 rings (SSSR count). The zero-order valence-electron chi connectivity index (χ0n) is 9.09. The number of nitro benzene ring substituents is 1. The van der Waals surface area contributed by atoms with Gasteiger partial charge in [0.1, 0.15) is 5.69 Å². The summed E-state index contributed by atoms with van der Waals surface area (Å²) in [6.07, 6.45) is 4.09. The molecule has 6 nitrogen and oxygen atoms in total. The molecule has 88 valence electrons. The maximum absolute atomic E-state index is 10.8. The lowest BCUT2D eigenvalue weighted by atomic mass is 10.2. The van der Waals surface area contributed by atoms with Gasteiger partial charge in [0, 0.05) is 30.9 Å². The van der Waals surface area contributed by atoms with Crippen LogP contribution in [0.5, 0.6) is 0 Å². The van der Waals surface area contributed by atoms with Crippen molar-refractivity contribution in [2.75, 3.05) is 11.9 Å². The molecule has 0 aliphatic carbocycles. The number of hydrogen-bond donors (Lipinski definition) is 2. The highest BCUT2D eigenvalue weighted by atomic mass is 16.6. The van der Waals surface area contributed by atoms with Gasteiger partial charge >= 0.3 is 0 Å². The van der Waals surface area contributed by atoms with Crippen molar-refractivity contribution in [3.63, 3.8) is 0 Å². The van der Waals surface area contributed by atoms with Crippen LogP contribution in [0.15, 0.2) is 36.8 Å². The van der Waals surface area contributed by atoms with Gasteiger partial charge in [0.05, 0.1) is 11.3 Å². The Bertz CT molecular complexity index is 496. The van der Waals surface area contributed by atoms with Gasteiger partial charge in [0.25, 0.3) is 5.69 Å². The van der Waals surface area contributed by atoms with Gasteiger partial charge in [0.15, 0.2) is 0 Å². The van der Waals surface area contributed by atoms with E-state index in [-0.39, 0.29) is 5.69 Å². The monoisotopic (exact) mass is 232 g/mol. The van der Waals surface area contributed by atoms with Crippen LogP contribution >= 0.6 is 0 Å². The molecule has 0 aliphatic heterocycles. The molecule has 0 radical (unpaired) electrons. The first-order chi connectivity index (χ1) is 8.27. The fraction of sp³-hybridized carbons (Fsp3) is 0.182. The van der Waals surface area contributed by atoms with Crippen molar-refractivity contribution in [1.82, 2.24) is 9.97 Å². The normalized spacial score (nSPS) is 10.1. The van der Waals surface area contributed by atoms with Gasteiger partial charge in [-0.25, -0.2) is 4.98 Å². The molecule has 0 fully saturated rings. The highest BCUT2D eigenvalue weighted by Gasteiger charge is 2.11. The number of nitrogens with one attached hydrogen (secondary N) is 2. The van der Waals surface area contributed by atoms with Crippen LogP contribution in [-0.2, 0) is 6.42 Å². The summed E-state index contributed by atoms with van der Waals surface area (Å²) in [5.41, 5.74) is 1.63. The van der Waals surface area contributed by atoms with Crippen molar-refractivity contribution in [2.45, 2.75) is 6.42 Å². The fourth-order valence-corrected chi connectivity index (χ4v) is 1.54. The molecule has 1 aromatic carbocycles. The largest absolute Gasteiger partial charge is 0.379 e. The summed E-state index contributed by atoms with van der Waals surface area (Å²) in [6, 6.07) is 6.60. The second-order valence-electron chi connectivity index (χ2n) is 3.53. The molecule has 0 bridgehead atoms. The van der Waals surface area contributed by atoms with Crippen LogP contribution in [0.4, 0.5) is 11.4 Å². The number of H-pyrrole nitrogens is 1. The van der Waals surface area contributed by atoms with Crippen LogP contribution in [0.2, 0.25) is 0 Å². The van der Waals surface area contributed by atoms with Gasteiger partial charge in [-0.05, 0) is 6.07 Å². The minimum atomic E-state index is -0.390. The predicted octanol–water partition coefficient (Wildman–Crippen LogP) is 1.97. The van der Waals surface area contributed by atoms with E-state index < -0.39 is 4.92 Å². The molecule has 0 saturated carbocycles. The number of aromatic nitrogens is 2. The zero-order valence-corrected chi connectivity index (χ0v) is 9.09. The van der Waals surface area contributed by atoms with Crippen molar-refractivity contribution in [3.05, 3.63) is 52.6 Å². The van der Waals surface area contributed by atoms with Gasteiger partial charge < -0.3 is 10.3 Å². The Morgan fingerprint density at radius 3 is 2.94 bits per heavy atom. The quantitative estimate of drug-likeness (QED) is 0.609. The van der Waals surface area contributed by atoms with Crippen LogP contribution in [0.1, 0.15) is 5.69 Å². The minimum Gasteiger partial charge on any atom is -0.379 e. The van der Waals surface area contributed by atoms with E-state index in [0.717, 1.165) is 12.1 Å². The number of rotatable bonds is 5. The summed E-state index contributed by atoms with van der Waals surface area (Å²) >= 11 is 0. The van der Waals surface area contributed by atoms with Crippen molar-refractivity contribution < 1.29 is 4.92 Å². The maximum atomic E-state index is 10.8. The third-order valence-corrected chi connectivity index (χ3v) is 2.37. The van der Waals surface area contributed by atoms with E-state index in [9.17, 15) is 10.1 Å². The summed E-state index contributed by atoms with van der Waals surface area (Å²) in [6.45, 7) is 0.618. The summed E-state index contributed by atoms with van der Waals surface area (Å²) in [4.78, 5) is 17.3. The van der Waals surface area contributed by atoms with Crippen LogP contribution in [-0.4, -0.2) is 21.4 Å². The molecule has 0 saturated heterocycles. The first kappa shape index (κ1) is 11.1. The summed E-state index contributed by atoms with van der Waals surface area (Å²) in [5.74, 6) is 0. The van der Waals surface area contributed by atoms with E-state index in [1.807, 2.05) is 0 Å². The van der Waals surface area contributed by atoms with Gasteiger partial charge in [-0.1, -0.05) is 12.1 Å². The molecule has 0 aliphatic rings. The Morgan fingerprint density at radius 2 is 2.24 bits per heavy atom. The third-order valence-electron chi connectivity index (χ3n) is 2.37. The predicted molar refractivity (Wildman–Crippen MR) is 63.9 cm³/mol. The standard InChI is InChI=1S/C11H12N4O2/c16-15(17)11-4-2-1-3-10(11)13-6-5-9-7-12-8-14-9/h1-4,7-8,13H,5-6H2,(H,12,14). The highest BCUT2D eigenvalue weighted by Crippen LogP contribution is 2.22. The van der Waals surface area contributed by atoms with Gasteiger partial charge in [-0.2, -0.15) is 0 Å². The van der Waals surface area contributed by atoms with E-state index in [1.165, 1.54) is 6.07 Å². The van der Waals surface area contributed by atoms with Gasteiger partial charge in [-0.3, -0.25) is 10.1 Å². The zero-order chi connectivity index (χ0) is 12.1. The molecular weight excluding hydrogens is 220 g/mol. The highest BCUT2D eigenvalue weighted by molar-refractivity contribution is 5.61. The Balaban J connectivity index is 1.97. The lowest BCUT2D eigenvalue weighted by Gasteiger charge is -2.05. The number of nitro groups is 1. The Kier molecular flexibility index (Phi) is 3.34. The maximum Gasteiger partial charge on any atom is 0.292 e. The lowest BCUT2D eigenvalue weighted by Crippen LogP contribution is -2.06. The molecular formula is C11H12N4O2. The Morgan fingerprint density at radius 1 is 1.41 bits per heavy atom. The molecule has 2 N–H and O–H groups in total. The lowest BCUT2D eigenvalue weighted by molar-refractivity contribution is -0.384. The van der Waals surface area contributed by atoms with E-state index >= 15 is 0 Å². The number of hydrogen-bond acceptors (Lipinski definition) is 4. The van der Waals surface area contributed by atoms with Gasteiger partial charge in [0.2, 0.25) is 0 Å². The molecule has 1 heterocycles. The molecule has 0 unspecified atom stereocenters. The van der Waals surface area contributed by atoms with Crippen LogP contribution in [0.25, 0.3) is 0 Å². The summed E-state index contributed by atoms with van der Waals surface area (Å²) < 4.78 is 0. The molecule has 2 aromatic rings. The van der Waals surface area contributed by atoms with Crippen molar-refractivity contribution >= 4 is 11.4 Å². The first-order valence-electron chi connectivity index (χ1n) is 5.22. The number of imidazole rings is 1. The Hall–Kier alpha value is -2.37. The molecule has 0 spiro atoms. The fourth-order valence-electron chi connectivity index (χ4n) is 1.54. The number of nitrogens with zero attached hydrogens (tertiary/aromatic N) is 2. The van der Waals surface area contributed by atoms with E-state index in [1.54, 1.807) is 30.7 Å². The van der Waals surface area contributed by atoms with E-state index in [0.29, 0.717) is 12.2 Å². The van der Waals surface area contributed by atoms with E-state index in [2.05, 4.69) is 15.3 Å². The number of anilines is 1. The minimum absolute atomic E-state index is 0.0945. The van der Waals surface area contributed by atoms with Crippen molar-refractivity contribution in [1.29, 1.82) is 0 Å². The second kappa shape index (κ2) is 5.11. The van der Waals surface area contributed by atoms with Crippen molar-refractivity contribution in [2.24, 2.45) is 0 Å². The number of benzene rings is 1. The summed E-state index contributed by atoms with van der Waals surface area (Å²) in [5, 5.41) is 13.8. The van der Waals surface area contributed by atoms with Gasteiger partial charge in [-0.15, -0.1) is 0 Å². The Labute approximate surface area is 97.9 Å². The van der Waals surface area contributed by atoms with E-state index in [4.69, 9.17) is 0 Å². The van der Waals surface area contributed by atoms with Crippen LogP contribution in [0.3, 0.4) is 0 Å². The average Bonchev–Trinajstić information content (AvgIpc) is 2.82. The molecule has 0 atom stereocenters. The topological polar surface area (TPSA) is 83.8 Å². The third kappa shape index (κ3) is 2.81. The summed E-state index contributed by atoms with van der Waals surface area (Å²) in [7, 11) is 0. The SMILES string of the molecule is O=[N+]([O-])c1ccccc1NCCc1cnc[nH]1. The average molecular weight is 232 g/mol. The number of aromatic amines is 1. The van der Waals surface area contributed by atoms with Crippen LogP contribution < -0.4 is 5.32 Å². The smallest absolute Gasteiger partial charge is 0.292 e. The van der Waals surface area contributed by atoms with Crippen molar-refractivity contribution in [3.8, 4) is 0 Å². The molecule has 17 heavy (non-hydrogen) atoms. The number of para-hydroxylation sites is 2. The molecule has 1 aromatic heterocycles. The second-order valence-corrected chi connectivity index (χ2v) is 3.53. The first-order valence-corrected chi connectivity index (χ1v) is 5.22. The molecule has 0 amide bonds. The van der Waals surface area contributed by atoms with Crippen LogP contribution in [0, 0.1) is 10.1 Å².